The summed E-state index contributed by atoms with van der Waals surface area (Å²) in [5.41, 5.74) is 3.95. The number of aryl methyl sites for hydroxylation is 3. The molecule has 0 aliphatic rings. The average Bonchev–Trinajstić information content (AvgIpc) is 2.75. The molecule has 0 aliphatic heterocycles. The second-order valence-electron chi connectivity index (χ2n) is 4.98. The van der Waals surface area contributed by atoms with Crippen molar-refractivity contribution >= 4 is 0 Å². The van der Waals surface area contributed by atoms with Crippen molar-refractivity contribution in [1.29, 1.82) is 0 Å². The van der Waals surface area contributed by atoms with Gasteiger partial charge in [0.05, 0.1) is 18.5 Å². The molecule has 0 aliphatic carbocycles. The van der Waals surface area contributed by atoms with Gasteiger partial charge in [-0.15, -0.1) is 0 Å². The van der Waals surface area contributed by atoms with E-state index < -0.39 is 0 Å². The first-order valence-corrected chi connectivity index (χ1v) is 6.69. The van der Waals surface area contributed by atoms with Crippen molar-refractivity contribution in [3.05, 3.63) is 40.5 Å². The minimum atomic E-state index is 0.162. The number of rotatable bonds is 5. The van der Waals surface area contributed by atoms with Gasteiger partial charge in [-0.05, 0) is 27.7 Å². The van der Waals surface area contributed by atoms with Gasteiger partial charge in [0.15, 0.2) is 0 Å². The van der Waals surface area contributed by atoms with Crippen LogP contribution in [0.25, 0.3) is 0 Å². The number of methoxy groups -OCH3 is 1. The normalized spacial score (nSPS) is 12.4. The zero-order valence-corrected chi connectivity index (χ0v) is 12.7. The number of hydrogen-bond acceptors (Lipinski definition) is 5. The molecule has 2 rings (SSSR count). The molecular weight excluding hydrogens is 254 g/mol. The molecule has 0 radical (unpaired) electrons. The van der Waals surface area contributed by atoms with E-state index >= 15 is 0 Å². The Morgan fingerprint density at radius 3 is 2.65 bits per heavy atom. The van der Waals surface area contributed by atoms with Crippen molar-refractivity contribution in [3.8, 4) is 5.75 Å². The maximum Gasteiger partial charge on any atom is 0.138 e. The molecular formula is C15H21N3O2. The molecule has 0 saturated heterocycles. The Labute approximate surface area is 119 Å². The van der Waals surface area contributed by atoms with Gasteiger partial charge < -0.3 is 14.6 Å². The fourth-order valence-electron chi connectivity index (χ4n) is 2.38. The van der Waals surface area contributed by atoms with Crippen molar-refractivity contribution in [1.82, 2.24) is 15.5 Å². The molecule has 5 nitrogen and oxygen atoms in total. The third-order valence-corrected chi connectivity index (χ3v) is 3.33. The topological polar surface area (TPSA) is 60.2 Å². The first-order valence-electron chi connectivity index (χ1n) is 6.69. The zero-order valence-electron chi connectivity index (χ0n) is 12.7. The molecule has 0 fully saturated rings. The van der Waals surface area contributed by atoms with Gasteiger partial charge in [-0.25, -0.2) is 0 Å². The molecule has 1 unspecified atom stereocenters. The Morgan fingerprint density at radius 2 is 2.05 bits per heavy atom. The average molecular weight is 275 g/mol. The minimum absolute atomic E-state index is 0.162. The molecule has 2 heterocycles. The van der Waals surface area contributed by atoms with Crippen LogP contribution in [0.1, 0.15) is 41.4 Å². The predicted molar refractivity (Wildman–Crippen MR) is 76.8 cm³/mol. The summed E-state index contributed by atoms with van der Waals surface area (Å²) in [7, 11) is 1.67. The van der Waals surface area contributed by atoms with Crippen molar-refractivity contribution in [2.75, 3.05) is 7.11 Å². The van der Waals surface area contributed by atoms with Gasteiger partial charge in [0.1, 0.15) is 11.5 Å². The van der Waals surface area contributed by atoms with Gasteiger partial charge in [-0.2, -0.15) is 0 Å². The number of aromatic nitrogens is 2. The van der Waals surface area contributed by atoms with E-state index in [1.165, 1.54) is 0 Å². The smallest absolute Gasteiger partial charge is 0.138 e. The van der Waals surface area contributed by atoms with Crippen LogP contribution in [0.4, 0.5) is 0 Å². The van der Waals surface area contributed by atoms with Gasteiger partial charge in [0.2, 0.25) is 0 Å². The third kappa shape index (κ3) is 3.17. The van der Waals surface area contributed by atoms with E-state index in [4.69, 9.17) is 9.26 Å². The lowest BCUT2D eigenvalue weighted by molar-refractivity contribution is 0.390. The minimum Gasteiger partial charge on any atom is -0.497 e. The van der Waals surface area contributed by atoms with Gasteiger partial charge in [-0.1, -0.05) is 5.16 Å². The summed E-state index contributed by atoms with van der Waals surface area (Å²) in [5, 5.41) is 7.43. The summed E-state index contributed by atoms with van der Waals surface area (Å²) in [6.07, 6.45) is 0. The standard InChI is InChI=1S/C15H21N3O2/c1-9-6-14(19-5)7-13(17-9)8-16-10(2)15-11(3)18-20-12(15)4/h6-7,10,16H,8H2,1-5H3. The molecule has 0 spiro atoms. The molecule has 2 aromatic rings. The molecule has 20 heavy (non-hydrogen) atoms. The van der Waals surface area contributed by atoms with Crippen LogP contribution in [-0.4, -0.2) is 17.3 Å². The van der Waals surface area contributed by atoms with Crippen LogP contribution < -0.4 is 10.1 Å². The molecule has 5 heteroatoms. The van der Waals surface area contributed by atoms with E-state index in [-0.39, 0.29) is 6.04 Å². The van der Waals surface area contributed by atoms with E-state index in [2.05, 4.69) is 22.4 Å². The lowest BCUT2D eigenvalue weighted by Gasteiger charge is -2.14. The summed E-state index contributed by atoms with van der Waals surface area (Å²) in [6, 6.07) is 4.02. The van der Waals surface area contributed by atoms with Gasteiger partial charge in [0.25, 0.3) is 0 Å². The number of nitrogens with zero attached hydrogens (tertiary/aromatic N) is 2. The molecule has 108 valence electrons. The highest BCUT2D eigenvalue weighted by molar-refractivity contribution is 5.27. The summed E-state index contributed by atoms with van der Waals surface area (Å²) < 4.78 is 10.5. The first kappa shape index (κ1) is 14.5. The lowest BCUT2D eigenvalue weighted by atomic mass is 10.1. The summed E-state index contributed by atoms with van der Waals surface area (Å²) >= 11 is 0. The van der Waals surface area contributed by atoms with Crippen molar-refractivity contribution in [2.45, 2.75) is 40.3 Å². The van der Waals surface area contributed by atoms with Crippen LogP contribution in [0.3, 0.4) is 0 Å². The Bertz CT molecular complexity index is 573. The monoisotopic (exact) mass is 275 g/mol. The first-order chi connectivity index (χ1) is 9.51. The van der Waals surface area contributed by atoms with Gasteiger partial charge >= 0.3 is 0 Å². The zero-order chi connectivity index (χ0) is 14.7. The van der Waals surface area contributed by atoms with Crippen molar-refractivity contribution in [2.24, 2.45) is 0 Å². The molecule has 0 aromatic carbocycles. The van der Waals surface area contributed by atoms with E-state index in [0.717, 1.165) is 34.2 Å². The Balaban J connectivity index is 2.07. The van der Waals surface area contributed by atoms with Crippen molar-refractivity contribution < 1.29 is 9.26 Å². The van der Waals surface area contributed by atoms with E-state index in [0.29, 0.717) is 6.54 Å². The maximum absolute atomic E-state index is 5.26. The molecule has 1 N–H and O–H groups in total. The largest absolute Gasteiger partial charge is 0.497 e. The third-order valence-electron chi connectivity index (χ3n) is 3.33. The fourth-order valence-corrected chi connectivity index (χ4v) is 2.38. The molecule has 1 atom stereocenters. The molecule has 2 aromatic heterocycles. The predicted octanol–water partition coefficient (Wildman–Crippen LogP) is 2.85. The number of hydrogen-bond donors (Lipinski definition) is 1. The highest BCUT2D eigenvalue weighted by atomic mass is 16.5. The highest BCUT2D eigenvalue weighted by Gasteiger charge is 2.16. The number of nitrogens with one attached hydrogen (secondary N) is 1. The summed E-state index contributed by atoms with van der Waals surface area (Å²) in [6.45, 7) is 8.62. The second kappa shape index (κ2) is 6.05. The number of pyridine rings is 1. The second-order valence-corrected chi connectivity index (χ2v) is 4.98. The summed E-state index contributed by atoms with van der Waals surface area (Å²) in [5.74, 6) is 1.69. The maximum atomic E-state index is 5.26. The fraction of sp³-hybridized carbons (Fsp3) is 0.467. The molecule has 0 saturated carbocycles. The van der Waals surface area contributed by atoms with E-state index in [1.807, 2.05) is 32.9 Å². The Morgan fingerprint density at radius 1 is 1.30 bits per heavy atom. The quantitative estimate of drug-likeness (QED) is 0.909. The van der Waals surface area contributed by atoms with E-state index in [9.17, 15) is 0 Å². The SMILES string of the molecule is COc1cc(C)nc(CNC(C)c2c(C)noc2C)c1. The van der Waals surface area contributed by atoms with Gasteiger partial charge in [0, 0.05) is 36.0 Å². The lowest BCUT2D eigenvalue weighted by Crippen LogP contribution is -2.20. The molecule has 0 bridgehead atoms. The Kier molecular flexibility index (Phi) is 4.39. The van der Waals surface area contributed by atoms with Crippen LogP contribution in [0.5, 0.6) is 5.75 Å². The van der Waals surface area contributed by atoms with Crippen LogP contribution in [0, 0.1) is 20.8 Å². The van der Waals surface area contributed by atoms with E-state index in [1.54, 1.807) is 7.11 Å². The van der Waals surface area contributed by atoms with Crippen LogP contribution >= 0.6 is 0 Å². The van der Waals surface area contributed by atoms with Crippen LogP contribution in [-0.2, 0) is 6.54 Å². The highest BCUT2D eigenvalue weighted by Crippen LogP contribution is 2.21. The molecule has 0 amide bonds. The van der Waals surface area contributed by atoms with Crippen LogP contribution in [0.2, 0.25) is 0 Å². The summed E-state index contributed by atoms with van der Waals surface area (Å²) in [4.78, 5) is 4.50. The van der Waals surface area contributed by atoms with Gasteiger partial charge in [-0.3, -0.25) is 4.98 Å². The van der Waals surface area contributed by atoms with Crippen LogP contribution in [0.15, 0.2) is 16.7 Å². The van der Waals surface area contributed by atoms with Crippen molar-refractivity contribution in [3.63, 3.8) is 0 Å². The number of ether oxygens (including phenoxy) is 1. The Hall–Kier alpha value is -1.88.